The smallest absolute Gasteiger partial charge is 0.258 e. The predicted octanol–water partition coefficient (Wildman–Crippen LogP) is 1.57. The van der Waals surface area contributed by atoms with Crippen LogP contribution >= 0.6 is 0 Å². The first-order valence-corrected chi connectivity index (χ1v) is 9.41. The van der Waals surface area contributed by atoms with Gasteiger partial charge in [-0.15, -0.1) is 0 Å². The van der Waals surface area contributed by atoms with Crippen LogP contribution in [0.2, 0.25) is 0 Å². The molecule has 1 saturated carbocycles. The molecule has 1 amide bonds. The number of piperidine rings is 1. The maximum atomic E-state index is 12.4. The van der Waals surface area contributed by atoms with Gasteiger partial charge in [0.1, 0.15) is 11.4 Å². The molecular formula is C18H26N6O3. The first-order chi connectivity index (χ1) is 13.0. The van der Waals surface area contributed by atoms with E-state index in [0.717, 1.165) is 37.4 Å². The number of nitrogens with one attached hydrogen (secondary N) is 1. The molecule has 0 spiro atoms. The molecule has 146 valence electrons. The highest BCUT2D eigenvalue weighted by atomic mass is 16.5. The van der Waals surface area contributed by atoms with Gasteiger partial charge in [-0.25, -0.2) is 0 Å². The average molecular weight is 374 g/mol. The van der Waals surface area contributed by atoms with Crippen LogP contribution in [0.5, 0.6) is 0 Å². The molecule has 4 rings (SSSR count). The fourth-order valence-electron chi connectivity index (χ4n) is 3.62. The minimum absolute atomic E-state index is 0.0447. The summed E-state index contributed by atoms with van der Waals surface area (Å²) in [7, 11) is 3.50. The molecular weight excluding hydrogens is 348 g/mol. The number of carbonyl (C=O) groups is 1. The number of hydrogen-bond donors (Lipinski definition) is 1. The Labute approximate surface area is 158 Å². The minimum Gasteiger partial charge on any atom is -0.368 e. The van der Waals surface area contributed by atoms with Crippen LogP contribution in [0.3, 0.4) is 0 Å². The highest BCUT2D eigenvalue weighted by Gasteiger charge is 2.42. The van der Waals surface area contributed by atoms with Crippen molar-refractivity contribution < 1.29 is 14.1 Å². The third-order valence-corrected chi connectivity index (χ3v) is 5.47. The van der Waals surface area contributed by atoms with Gasteiger partial charge in [0.05, 0.1) is 12.2 Å². The van der Waals surface area contributed by atoms with E-state index in [1.807, 2.05) is 20.0 Å². The van der Waals surface area contributed by atoms with Gasteiger partial charge in [-0.2, -0.15) is 10.1 Å². The van der Waals surface area contributed by atoms with Crippen molar-refractivity contribution in [2.75, 3.05) is 32.1 Å². The van der Waals surface area contributed by atoms with Gasteiger partial charge in [0.25, 0.3) is 5.89 Å². The molecule has 2 aromatic rings. The molecule has 9 heteroatoms. The van der Waals surface area contributed by atoms with Crippen molar-refractivity contribution >= 4 is 11.7 Å². The molecule has 1 aliphatic heterocycles. The second-order valence-corrected chi connectivity index (χ2v) is 7.55. The summed E-state index contributed by atoms with van der Waals surface area (Å²) in [4.78, 5) is 19.1. The summed E-state index contributed by atoms with van der Waals surface area (Å²) in [5, 5.41) is 11.3. The summed E-state index contributed by atoms with van der Waals surface area (Å²) in [6, 6.07) is 1.86. The van der Waals surface area contributed by atoms with Gasteiger partial charge in [-0.1, -0.05) is 5.16 Å². The normalized spacial score (nSPS) is 20.0. The fraction of sp³-hybridized carbons (Fsp3) is 0.667. The number of ether oxygens (including phenoxy) is 1. The molecule has 0 aromatic carbocycles. The van der Waals surface area contributed by atoms with E-state index in [2.05, 4.69) is 25.5 Å². The van der Waals surface area contributed by atoms with E-state index in [1.54, 1.807) is 11.8 Å². The van der Waals surface area contributed by atoms with Crippen LogP contribution in [0.25, 0.3) is 0 Å². The summed E-state index contributed by atoms with van der Waals surface area (Å²) in [5.41, 5.74) is 0.326. The Hall–Kier alpha value is -2.26. The summed E-state index contributed by atoms with van der Waals surface area (Å²) >= 11 is 0. The zero-order chi connectivity index (χ0) is 19.0. The van der Waals surface area contributed by atoms with E-state index in [4.69, 9.17) is 9.26 Å². The van der Waals surface area contributed by atoms with Gasteiger partial charge in [0.15, 0.2) is 5.82 Å². The standard InChI is InChI=1S/C18H26N6O3/c1-12-10-14(23(2)21-12)19-15(25)11-24-8-6-18(26-3,7-9-24)17-20-16(22-27-17)13-4-5-13/h10,13H,4-9,11H2,1-3H3,(H,19,25). The molecule has 1 saturated heterocycles. The number of carbonyl (C=O) groups excluding carboxylic acids is 1. The van der Waals surface area contributed by atoms with E-state index in [-0.39, 0.29) is 5.91 Å². The number of nitrogens with zero attached hydrogens (tertiary/aromatic N) is 5. The van der Waals surface area contributed by atoms with E-state index >= 15 is 0 Å². The van der Waals surface area contributed by atoms with Crippen LogP contribution in [-0.2, 0) is 22.2 Å². The number of rotatable bonds is 6. The lowest BCUT2D eigenvalue weighted by atomic mass is 9.91. The van der Waals surface area contributed by atoms with Gasteiger partial charge in [0.2, 0.25) is 5.91 Å². The Balaban J connectivity index is 1.34. The van der Waals surface area contributed by atoms with Crippen LogP contribution in [0.1, 0.15) is 49.0 Å². The molecule has 1 aliphatic carbocycles. The predicted molar refractivity (Wildman–Crippen MR) is 97.2 cm³/mol. The Bertz CT molecular complexity index is 817. The molecule has 3 heterocycles. The van der Waals surface area contributed by atoms with Crippen molar-refractivity contribution in [1.82, 2.24) is 24.8 Å². The second-order valence-electron chi connectivity index (χ2n) is 7.55. The van der Waals surface area contributed by atoms with Gasteiger partial charge < -0.3 is 14.6 Å². The van der Waals surface area contributed by atoms with E-state index in [9.17, 15) is 4.79 Å². The van der Waals surface area contributed by atoms with Crippen molar-refractivity contribution in [2.45, 2.75) is 44.1 Å². The summed E-state index contributed by atoms with van der Waals surface area (Å²) in [6.07, 6.45) is 3.71. The number of methoxy groups -OCH3 is 1. The first-order valence-electron chi connectivity index (χ1n) is 9.41. The maximum Gasteiger partial charge on any atom is 0.258 e. The van der Waals surface area contributed by atoms with Crippen molar-refractivity contribution in [2.24, 2.45) is 7.05 Å². The lowest BCUT2D eigenvalue weighted by Crippen LogP contribution is -2.46. The Morgan fingerprint density at radius 3 is 2.74 bits per heavy atom. The second kappa shape index (κ2) is 7.05. The third kappa shape index (κ3) is 3.74. The van der Waals surface area contributed by atoms with Gasteiger partial charge >= 0.3 is 0 Å². The topological polar surface area (TPSA) is 98.3 Å². The molecule has 0 radical (unpaired) electrons. The van der Waals surface area contributed by atoms with Crippen LogP contribution < -0.4 is 5.32 Å². The first kappa shape index (κ1) is 18.1. The quantitative estimate of drug-likeness (QED) is 0.819. The summed E-state index contributed by atoms with van der Waals surface area (Å²) in [6.45, 7) is 3.69. The Morgan fingerprint density at radius 2 is 2.15 bits per heavy atom. The number of hydrogen-bond acceptors (Lipinski definition) is 7. The number of likely N-dealkylation sites (tertiary alicyclic amines) is 1. The zero-order valence-corrected chi connectivity index (χ0v) is 16.1. The van der Waals surface area contributed by atoms with E-state index in [1.165, 1.54) is 0 Å². The molecule has 2 aromatic heterocycles. The summed E-state index contributed by atoms with van der Waals surface area (Å²) < 4.78 is 13.0. The van der Waals surface area contributed by atoms with Crippen LogP contribution in [0.4, 0.5) is 5.82 Å². The third-order valence-electron chi connectivity index (χ3n) is 5.47. The summed E-state index contributed by atoms with van der Waals surface area (Å²) in [5.74, 6) is 2.49. The molecule has 2 fully saturated rings. The minimum atomic E-state index is -0.549. The van der Waals surface area contributed by atoms with Crippen molar-refractivity contribution in [3.05, 3.63) is 23.5 Å². The molecule has 0 bridgehead atoms. The average Bonchev–Trinajstić information content (AvgIpc) is 3.29. The lowest BCUT2D eigenvalue weighted by Gasteiger charge is -2.37. The SMILES string of the molecule is COC1(c2nc(C3CC3)no2)CCN(CC(=O)Nc2cc(C)nn2C)CC1. The number of amides is 1. The van der Waals surface area contributed by atoms with Crippen LogP contribution in [-0.4, -0.2) is 57.5 Å². The molecule has 0 atom stereocenters. The van der Waals surface area contributed by atoms with Gasteiger partial charge in [0, 0.05) is 39.2 Å². The molecule has 9 nitrogen and oxygen atoms in total. The Morgan fingerprint density at radius 1 is 1.41 bits per heavy atom. The molecule has 0 unspecified atom stereocenters. The lowest BCUT2D eigenvalue weighted by molar-refractivity contribution is -0.120. The van der Waals surface area contributed by atoms with Gasteiger partial charge in [-0.3, -0.25) is 14.4 Å². The zero-order valence-electron chi connectivity index (χ0n) is 16.1. The van der Waals surface area contributed by atoms with E-state index in [0.29, 0.717) is 37.0 Å². The van der Waals surface area contributed by atoms with Crippen molar-refractivity contribution in [1.29, 1.82) is 0 Å². The largest absolute Gasteiger partial charge is 0.368 e. The molecule has 27 heavy (non-hydrogen) atoms. The molecule has 1 N–H and O–H groups in total. The van der Waals surface area contributed by atoms with E-state index < -0.39 is 5.60 Å². The fourth-order valence-corrected chi connectivity index (χ4v) is 3.62. The number of aromatic nitrogens is 4. The number of aryl methyl sites for hydroxylation is 2. The van der Waals surface area contributed by atoms with Crippen LogP contribution in [0, 0.1) is 6.92 Å². The highest BCUT2D eigenvalue weighted by molar-refractivity contribution is 5.91. The van der Waals surface area contributed by atoms with Crippen molar-refractivity contribution in [3.8, 4) is 0 Å². The van der Waals surface area contributed by atoms with Crippen molar-refractivity contribution in [3.63, 3.8) is 0 Å². The Kier molecular flexibility index (Phi) is 4.73. The van der Waals surface area contributed by atoms with Gasteiger partial charge in [-0.05, 0) is 32.6 Å². The monoisotopic (exact) mass is 374 g/mol. The molecule has 2 aliphatic rings. The van der Waals surface area contributed by atoms with Crippen LogP contribution in [0.15, 0.2) is 10.6 Å². The maximum absolute atomic E-state index is 12.4. The highest BCUT2D eigenvalue weighted by Crippen LogP contribution is 2.41. The number of anilines is 1.